The molecule has 0 aliphatic carbocycles. The van der Waals surface area contributed by atoms with Crippen molar-refractivity contribution in [3.05, 3.63) is 29.6 Å². The van der Waals surface area contributed by atoms with Crippen molar-refractivity contribution in [3.63, 3.8) is 0 Å². The molecule has 0 radical (unpaired) electrons. The second kappa shape index (κ2) is 6.00. The normalized spacial score (nSPS) is 11.8. The molecule has 2 nitrogen and oxygen atoms in total. The Kier molecular flexibility index (Phi) is 4.94. The second-order valence-corrected chi connectivity index (χ2v) is 4.52. The molecule has 0 saturated carbocycles. The third kappa shape index (κ3) is 3.31. The molecule has 0 saturated heterocycles. The molecule has 0 spiro atoms. The van der Waals surface area contributed by atoms with E-state index in [0.717, 1.165) is 12.2 Å². The maximum absolute atomic E-state index is 4.42. The molecule has 0 atom stereocenters. The quantitative estimate of drug-likeness (QED) is 0.794. The zero-order valence-electron chi connectivity index (χ0n) is 11.0. The first-order chi connectivity index (χ1) is 7.65. The van der Waals surface area contributed by atoms with Gasteiger partial charge in [-0.3, -0.25) is 4.98 Å². The van der Waals surface area contributed by atoms with E-state index in [4.69, 9.17) is 0 Å². The molecule has 1 heterocycles. The SMILES string of the molecule is CCC(CC)(CC)NCc1ccc(C)cn1. The molecule has 2 heteroatoms. The summed E-state index contributed by atoms with van der Waals surface area (Å²) >= 11 is 0. The molecule has 0 aliphatic heterocycles. The van der Waals surface area contributed by atoms with Crippen molar-refractivity contribution in [2.75, 3.05) is 0 Å². The van der Waals surface area contributed by atoms with E-state index in [0.29, 0.717) is 0 Å². The minimum Gasteiger partial charge on any atom is -0.306 e. The van der Waals surface area contributed by atoms with Gasteiger partial charge in [0.25, 0.3) is 0 Å². The Morgan fingerprint density at radius 1 is 1.12 bits per heavy atom. The molecule has 0 bridgehead atoms. The van der Waals surface area contributed by atoms with Gasteiger partial charge in [-0.2, -0.15) is 0 Å². The highest BCUT2D eigenvalue weighted by Gasteiger charge is 2.22. The van der Waals surface area contributed by atoms with Gasteiger partial charge in [0, 0.05) is 18.3 Å². The average molecular weight is 220 g/mol. The zero-order valence-corrected chi connectivity index (χ0v) is 11.0. The average Bonchev–Trinajstić information content (AvgIpc) is 2.34. The van der Waals surface area contributed by atoms with Gasteiger partial charge in [0.15, 0.2) is 0 Å². The highest BCUT2D eigenvalue weighted by molar-refractivity contribution is 5.12. The van der Waals surface area contributed by atoms with Crippen LogP contribution in [0.5, 0.6) is 0 Å². The lowest BCUT2D eigenvalue weighted by Crippen LogP contribution is -2.43. The van der Waals surface area contributed by atoms with E-state index in [1.807, 2.05) is 6.20 Å². The van der Waals surface area contributed by atoms with Gasteiger partial charge in [0.05, 0.1) is 5.69 Å². The van der Waals surface area contributed by atoms with Gasteiger partial charge in [0.2, 0.25) is 0 Å². The predicted octanol–water partition coefficient (Wildman–Crippen LogP) is 3.45. The maximum atomic E-state index is 4.42. The molecule has 0 fully saturated rings. The monoisotopic (exact) mass is 220 g/mol. The highest BCUT2D eigenvalue weighted by atomic mass is 15.0. The van der Waals surface area contributed by atoms with Crippen LogP contribution in [0.1, 0.15) is 51.3 Å². The van der Waals surface area contributed by atoms with E-state index in [1.165, 1.54) is 24.8 Å². The molecule has 1 aromatic rings. The second-order valence-electron chi connectivity index (χ2n) is 4.52. The van der Waals surface area contributed by atoms with Gasteiger partial charge in [-0.05, 0) is 37.8 Å². The molecular formula is C14H24N2. The number of nitrogens with one attached hydrogen (secondary N) is 1. The van der Waals surface area contributed by atoms with E-state index >= 15 is 0 Å². The summed E-state index contributed by atoms with van der Waals surface area (Å²) in [5, 5.41) is 3.66. The number of aromatic nitrogens is 1. The van der Waals surface area contributed by atoms with Crippen LogP contribution >= 0.6 is 0 Å². The Hall–Kier alpha value is -0.890. The van der Waals surface area contributed by atoms with Crippen LogP contribution < -0.4 is 5.32 Å². The Labute approximate surface area is 99.5 Å². The van der Waals surface area contributed by atoms with Gasteiger partial charge >= 0.3 is 0 Å². The molecule has 1 N–H and O–H groups in total. The van der Waals surface area contributed by atoms with Crippen molar-refractivity contribution < 1.29 is 0 Å². The summed E-state index contributed by atoms with van der Waals surface area (Å²) in [5.74, 6) is 0. The van der Waals surface area contributed by atoms with Crippen molar-refractivity contribution in [3.8, 4) is 0 Å². The molecule has 0 aromatic carbocycles. The van der Waals surface area contributed by atoms with Crippen molar-refractivity contribution in [1.82, 2.24) is 10.3 Å². The van der Waals surface area contributed by atoms with Crippen LogP contribution in [-0.2, 0) is 6.54 Å². The van der Waals surface area contributed by atoms with Gasteiger partial charge < -0.3 is 5.32 Å². The van der Waals surface area contributed by atoms with Crippen LogP contribution in [0.2, 0.25) is 0 Å². The molecule has 90 valence electrons. The van der Waals surface area contributed by atoms with Crippen LogP contribution in [0.4, 0.5) is 0 Å². The minimum absolute atomic E-state index is 0.284. The largest absolute Gasteiger partial charge is 0.306 e. The van der Waals surface area contributed by atoms with Crippen molar-refractivity contribution >= 4 is 0 Å². The Morgan fingerprint density at radius 3 is 2.19 bits per heavy atom. The summed E-state index contributed by atoms with van der Waals surface area (Å²) in [6.07, 6.45) is 5.45. The molecule has 0 amide bonds. The van der Waals surface area contributed by atoms with E-state index in [2.05, 4.69) is 50.1 Å². The zero-order chi connectivity index (χ0) is 12.0. The lowest BCUT2D eigenvalue weighted by atomic mass is 9.90. The van der Waals surface area contributed by atoms with Crippen LogP contribution in [0, 0.1) is 6.92 Å². The highest BCUT2D eigenvalue weighted by Crippen LogP contribution is 2.19. The lowest BCUT2D eigenvalue weighted by molar-refractivity contribution is 0.286. The summed E-state index contributed by atoms with van der Waals surface area (Å²) < 4.78 is 0. The van der Waals surface area contributed by atoms with Crippen LogP contribution in [-0.4, -0.2) is 10.5 Å². The summed E-state index contributed by atoms with van der Waals surface area (Å²) in [6.45, 7) is 9.70. The topological polar surface area (TPSA) is 24.9 Å². The van der Waals surface area contributed by atoms with E-state index < -0.39 is 0 Å². The molecule has 1 aromatic heterocycles. The van der Waals surface area contributed by atoms with Gasteiger partial charge in [-0.25, -0.2) is 0 Å². The van der Waals surface area contributed by atoms with Crippen molar-refractivity contribution in [2.24, 2.45) is 0 Å². The van der Waals surface area contributed by atoms with Crippen molar-refractivity contribution in [1.29, 1.82) is 0 Å². The Morgan fingerprint density at radius 2 is 1.75 bits per heavy atom. The fourth-order valence-electron chi connectivity index (χ4n) is 2.01. The lowest BCUT2D eigenvalue weighted by Gasteiger charge is -2.31. The summed E-state index contributed by atoms with van der Waals surface area (Å²) in [7, 11) is 0. The Bertz CT molecular complexity index is 291. The summed E-state index contributed by atoms with van der Waals surface area (Å²) in [6, 6.07) is 4.23. The van der Waals surface area contributed by atoms with Gasteiger partial charge in [-0.1, -0.05) is 26.8 Å². The third-order valence-electron chi connectivity index (χ3n) is 3.65. The molecule has 0 unspecified atom stereocenters. The molecule has 16 heavy (non-hydrogen) atoms. The first kappa shape index (κ1) is 13.2. The van der Waals surface area contributed by atoms with Crippen LogP contribution in [0.15, 0.2) is 18.3 Å². The van der Waals surface area contributed by atoms with Crippen LogP contribution in [0.3, 0.4) is 0 Å². The van der Waals surface area contributed by atoms with E-state index in [-0.39, 0.29) is 5.54 Å². The van der Waals surface area contributed by atoms with E-state index in [9.17, 15) is 0 Å². The standard InChI is InChI=1S/C14H24N2/c1-5-14(6-2,7-3)16-11-13-9-8-12(4)10-15-13/h8-10,16H,5-7,11H2,1-4H3. The fourth-order valence-corrected chi connectivity index (χ4v) is 2.01. The minimum atomic E-state index is 0.284. The molecule has 0 aliphatic rings. The molecular weight excluding hydrogens is 196 g/mol. The van der Waals surface area contributed by atoms with E-state index in [1.54, 1.807) is 0 Å². The predicted molar refractivity (Wildman–Crippen MR) is 69.4 cm³/mol. The maximum Gasteiger partial charge on any atom is 0.0542 e. The number of aryl methyl sites for hydroxylation is 1. The number of hydrogen-bond donors (Lipinski definition) is 1. The number of hydrogen-bond acceptors (Lipinski definition) is 2. The number of rotatable bonds is 6. The Balaban J connectivity index is 2.58. The summed E-state index contributed by atoms with van der Waals surface area (Å²) in [5.41, 5.74) is 2.63. The third-order valence-corrected chi connectivity index (χ3v) is 3.65. The van der Waals surface area contributed by atoms with Gasteiger partial charge in [-0.15, -0.1) is 0 Å². The van der Waals surface area contributed by atoms with Crippen LogP contribution in [0.25, 0.3) is 0 Å². The molecule has 1 rings (SSSR count). The first-order valence-electron chi connectivity index (χ1n) is 6.32. The van der Waals surface area contributed by atoms with Gasteiger partial charge in [0.1, 0.15) is 0 Å². The number of nitrogens with zero attached hydrogens (tertiary/aromatic N) is 1. The summed E-state index contributed by atoms with van der Waals surface area (Å²) in [4.78, 5) is 4.42. The smallest absolute Gasteiger partial charge is 0.0542 e. The fraction of sp³-hybridized carbons (Fsp3) is 0.643. The number of pyridine rings is 1. The van der Waals surface area contributed by atoms with Crippen molar-refractivity contribution in [2.45, 2.75) is 59.0 Å². The first-order valence-corrected chi connectivity index (χ1v) is 6.32.